The number of aromatic nitrogens is 6. The Morgan fingerprint density at radius 2 is 1.87 bits per heavy atom. The first-order valence-corrected chi connectivity index (χ1v) is 9.51. The van der Waals surface area contributed by atoms with Gasteiger partial charge >= 0.3 is 0 Å². The monoisotopic (exact) mass is 422 g/mol. The third-order valence-corrected chi connectivity index (χ3v) is 4.04. The molecule has 0 aliphatic heterocycles. The van der Waals surface area contributed by atoms with Crippen molar-refractivity contribution in [2.45, 2.75) is 12.8 Å². The lowest BCUT2D eigenvalue weighted by atomic mass is 10.3. The molecule has 0 fully saturated rings. The Balaban J connectivity index is 1.95. The van der Waals surface area contributed by atoms with Crippen LogP contribution in [-0.4, -0.2) is 62.1 Å². The van der Waals surface area contributed by atoms with E-state index in [2.05, 4.69) is 51.2 Å². The molecule has 3 aromatic heterocycles. The fourth-order valence-corrected chi connectivity index (χ4v) is 2.53. The predicted molar refractivity (Wildman–Crippen MR) is 114 cm³/mol. The van der Waals surface area contributed by atoms with Crippen LogP contribution in [0.1, 0.15) is 18.4 Å². The minimum absolute atomic E-state index is 0.112. The Labute approximate surface area is 178 Å². The number of rotatable bonds is 10. The number of nitrogens with one attached hydrogen (secondary N) is 3. The van der Waals surface area contributed by atoms with Crippen LogP contribution in [0.3, 0.4) is 0 Å². The fraction of sp³-hybridized carbons (Fsp3) is 0.333. The van der Waals surface area contributed by atoms with Crippen molar-refractivity contribution in [3.63, 3.8) is 0 Å². The van der Waals surface area contributed by atoms with Gasteiger partial charge in [-0.1, -0.05) is 0 Å². The van der Waals surface area contributed by atoms with Crippen molar-refractivity contribution in [1.82, 2.24) is 29.7 Å². The molecule has 13 heteroatoms. The lowest BCUT2D eigenvalue weighted by molar-refractivity contribution is 0.286. The highest BCUT2D eigenvalue weighted by atomic mass is 16.2. The topological polar surface area (TPSA) is 174 Å². The van der Waals surface area contributed by atoms with Crippen molar-refractivity contribution in [3.05, 3.63) is 30.2 Å². The molecule has 0 saturated heterocycles. The SMILES string of the molecule is CNc1nc(NC)c(/N=N/c2nn(-c3ncccn3)cc2C#N)c(NCCCCO)n1. The van der Waals surface area contributed by atoms with Crippen LogP contribution < -0.4 is 16.0 Å². The average molecular weight is 422 g/mol. The van der Waals surface area contributed by atoms with Crippen LogP contribution in [0.25, 0.3) is 5.95 Å². The van der Waals surface area contributed by atoms with E-state index in [0.717, 1.165) is 6.42 Å². The molecule has 3 rings (SSSR count). The summed E-state index contributed by atoms with van der Waals surface area (Å²) >= 11 is 0. The molecule has 4 N–H and O–H groups in total. The summed E-state index contributed by atoms with van der Waals surface area (Å²) in [6.45, 7) is 0.697. The van der Waals surface area contributed by atoms with Gasteiger partial charge in [0.25, 0.3) is 5.95 Å². The Hall–Kier alpha value is -4.18. The molecule has 13 nitrogen and oxygen atoms in total. The number of nitrogens with zero attached hydrogens (tertiary/aromatic N) is 9. The third kappa shape index (κ3) is 5.25. The first-order valence-electron chi connectivity index (χ1n) is 9.51. The molecule has 0 spiro atoms. The van der Waals surface area contributed by atoms with Gasteiger partial charge in [0.05, 0.1) is 6.20 Å². The van der Waals surface area contributed by atoms with Gasteiger partial charge in [0.1, 0.15) is 11.6 Å². The van der Waals surface area contributed by atoms with Gasteiger partial charge in [-0.3, -0.25) is 0 Å². The largest absolute Gasteiger partial charge is 0.396 e. The van der Waals surface area contributed by atoms with E-state index in [4.69, 9.17) is 5.11 Å². The molecule has 0 radical (unpaired) electrons. The first kappa shape index (κ1) is 21.5. The Morgan fingerprint density at radius 3 is 2.55 bits per heavy atom. The highest BCUT2D eigenvalue weighted by molar-refractivity contribution is 5.75. The number of aliphatic hydroxyl groups is 1. The normalized spacial score (nSPS) is 10.8. The molecule has 0 saturated carbocycles. The van der Waals surface area contributed by atoms with Crippen LogP contribution in [0, 0.1) is 11.3 Å². The van der Waals surface area contributed by atoms with E-state index in [0.29, 0.717) is 42.2 Å². The zero-order valence-electron chi connectivity index (χ0n) is 17.1. The van der Waals surface area contributed by atoms with Gasteiger partial charge < -0.3 is 21.1 Å². The van der Waals surface area contributed by atoms with E-state index in [1.807, 2.05) is 6.07 Å². The molecule has 0 aliphatic carbocycles. The number of anilines is 3. The average Bonchev–Trinajstić information content (AvgIpc) is 3.24. The quantitative estimate of drug-likeness (QED) is 0.279. The maximum absolute atomic E-state index is 9.44. The van der Waals surface area contributed by atoms with Crippen molar-refractivity contribution in [1.29, 1.82) is 5.26 Å². The summed E-state index contributed by atoms with van der Waals surface area (Å²) in [6.07, 6.45) is 6.05. The van der Waals surface area contributed by atoms with Crippen LogP contribution in [0.2, 0.25) is 0 Å². The van der Waals surface area contributed by atoms with Gasteiger partial charge in [0, 0.05) is 39.6 Å². The predicted octanol–water partition coefficient (Wildman–Crippen LogP) is 2.01. The number of hydrogen-bond donors (Lipinski definition) is 4. The molecule has 0 unspecified atom stereocenters. The van der Waals surface area contributed by atoms with Crippen LogP contribution in [-0.2, 0) is 0 Å². The molecule has 0 bridgehead atoms. The van der Waals surface area contributed by atoms with Crippen molar-refractivity contribution in [2.75, 3.05) is 43.2 Å². The van der Waals surface area contributed by atoms with Gasteiger partial charge in [-0.25, -0.2) is 14.6 Å². The standard InChI is InChI=1S/C18H22N12O/c1-20-15-13(16(22-6-3-4-9-31)26-17(21-2)25-15)27-28-14-12(10-19)11-30(29-14)18-23-7-5-8-24-18/h5,7-8,11,31H,3-4,6,9H2,1-2H3,(H3,20,21,22,25,26)/b28-27+. The van der Waals surface area contributed by atoms with Gasteiger partial charge in [-0.15, -0.1) is 15.3 Å². The molecule has 0 aliphatic rings. The zero-order valence-corrected chi connectivity index (χ0v) is 17.1. The molecule has 31 heavy (non-hydrogen) atoms. The molecular formula is C18H22N12O. The molecule has 160 valence electrons. The minimum atomic E-state index is 0.112. The summed E-state index contributed by atoms with van der Waals surface area (Å²) in [5, 5.41) is 40.2. The van der Waals surface area contributed by atoms with E-state index in [1.165, 1.54) is 10.9 Å². The zero-order chi connectivity index (χ0) is 22.1. The van der Waals surface area contributed by atoms with Crippen molar-refractivity contribution in [3.8, 4) is 12.0 Å². The smallest absolute Gasteiger partial charge is 0.250 e. The summed E-state index contributed by atoms with van der Waals surface area (Å²) in [4.78, 5) is 17.0. The second-order valence-electron chi connectivity index (χ2n) is 6.12. The van der Waals surface area contributed by atoms with E-state index in [-0.39, 0.29) is 18.0 Å². The van der Waals surface area contributed by atoms with Crippen molar-refractivity contribution in [2.24, 2.45) is 10.2 Å². The molecule has 0 amide bonds. The van der Waals surface area contributed by atoms with E-state index in [9.17, 15) is 5.26 Å². The summed E-state index contributed by atoms with van der Waals surface area (Å²) in [5.41, 5.74) is 0.576. The molecule has 3 heterocycles. The lowest BCUT2D eigenvalue weighted by Gasteiger charge is -2.12. The van der Waals surface area contributed by atoms with Gasteiger partial charge in [-0.2, -0.15) is 15.2 Å². The van der Waals surface area contributed by atoms with E-state index in [1.54, 1.807) is 32.6 Å². The van der Waals surface area contributed by atoms with Crippen molar-refractivity contribution >= 4 is 29.1 Å². The fourth-order valence-electron chi connectivity index (χ4n) is 2.53. The maximum atomic E-state index is 9.44. The van der Waals surface area contributed by atoms with Crippen LogP contribution >= 0.6 is 0 Å². The highest BCUT2D eigenvalue weighted by Gasteiger charge is 2.15. The summed E-state index contributed by atoms with van der Waals surface area (Å²) < 4.78 is 1.36. The Morgan fingerprint density at radius 1 is 1.10 bits per heavy atom. The number of nitriles is 1. The third-order valence-electron chi connectivity index (χ3n) is 4.04. The number of hydrogen-bond acceptors (Lipinski definition) is 12. The maximum Gasteiger partial charge on any atom is 0.250 e. The Kier molecular flexibility index (Phi) is 7.33. The number of unbranched alkanes of at least 4 members (excludes halogenated alkanes) is 1. The molecule has 3 aromatic rings. The van der Waals surface area contributed by atoms with E-state index < -0.39 is 0 Å². The lowest BCUT2D eigenvalue weighted by Crippen LogP contribution is -2.09. The van der Waals surface area contributed by atoms with Gasteiger partial charge in [0.15, 0.2) is 17.3 Å². The van der Waals surface area contributed by atoms with Crippen molar-refractivity contribution < 1.29 is 5.11 Å². The molecule has 0 aromatic carbocycles. The number of aliphatic hydroxyl groups excluding tert-OH is 1. The van der Waals surface area contributed by atoms with E-state index >= 15 is 0 Å². The highest BCUT2D eigenvalue weighted by Crippen LogP contribution is 2.33. The van der Waals surface area contributed by atoms with Gasteiger partial charge in [0.2, 0.25) is 11.8 Å². The summed E-state index contributed by atoms with van der Waals surface area (Å²) in [5.74, 6) is 1.72. The van der Waals surface area contributed by atoms with Gasteiger partial charge in [-0.05, 0) is 18.9 Å². The van der Waals surface area contributed by atoms with Crippen LogP contribution in [0.4, 0.5) is 29.1 Å². The second-order valence-corrected chi connectivity index (χ2v) is 6.12. The molecule has 0 atom stereocenters. The summed E-state index contributed by atoms with van der Waals surface area (Å²) in [6, 6.07) is 3.73. The first-order chi connectivity index (χ1) is 15.2. The number of azo groups is 1. The Bertz CT molecular complexity index is 1070. The van der Waals surface area contributed by atoms with Crippen LogP contribution in [0.15, 0.2) is 34.9 Å². The minimum Gasteiger partial charge on any atom is -0.396 e. The molecular weight excluding hydrogens is 400 g/mol. The summed E-state index contributed by atoms with van der Waals surface area (Å²) in [7, 11) is 3.42. The van der Waals surface area contributed by atoms with Crippen LogP contribution in [0.5, 0.6) is 0 Å². The second kappa shape index (κ2) is 10.6.